The smallest absolute Gasteiger partial charge is 0.282 e. The zero-order chi connectivity index (χ0) is 17.5. The topological polar surface area (TPSA) is 81.5 Å². The molecule has 24 heavy (non-hydrogen) atoms. The number of ether oxygens (including phenoxy) is 1. The SMILES string of the molecule is C#CCOc1ccc(NC(=O)c2cc(SC)ccc2[N+](=O)[O-])cc1. The number of rotatable bonds is 6. The van der Waals surface area contributed by atoms with Crippen LogP contribution in [-0.4, -0.2) is 23.7 Å². The average molecular weight is 342 g/mol. The Bertz CT molecular complexity index is 797. The van der Waals surface area contributed by atoms with Crippen molar-refractivity contribution in [3.05, 3.63) is 58.1 Å². The van der Waals surface area contributed by atoms with Gasteiger partial charge in [0.25, 0.3) is 11.6 Å². The van der Waals surface area contributed by atoms with Crippen molar-refractivity contribution in [1.29, 1.82) is 0 Å². The van der Waals surface area contributed by atoms with E-state index >= 15 is 0 Å². The number of nitro groups is 1. The Morgan fingerprint density at radius 1 is 1.33 bits per heavy atom. The Morgan fingerprint density at radius 2 is 2.04 bits per heavy atom. The first-order chi connectivity index (χ1) is 11.5. The number of carbonyl (C=O) groups excluding carboxylic acids is 1. The second kappa shape index (κ2) is 8.04. The van der Waals surface area contributed by atoms with Crippen molar-refractivity contribution in [3.63, 3.8) is 0 Å². The van der Waals surface area contributed by atoms with Gasteiger partial charge in [0.2, 0.25) is 0 Å². The summed E-state index contributed by atoms with van der Waals surface area (Å²) in [4.78, 5) is 23.7. The molecule has 0 aliphatic rings. The van der Waals surface area contributed by atoms with Crippen molar-refractivity contribution < 1.29 is 14.5 Å². The minimum Gasteiger partial charge on any atom is -0.481 e. The molecule has 0 heterocycles. The van der Waals surface area contributed by atoms with E-state index in [0.717, 1.165) is 4.90 Å². The highest BCUT2D eigenvalue weighted by Crippen LogP contribution is 2.26. The molecule has 7 heteroatoms. The van der Waals surface area contributed by atoms with E-state index in [9.17, 15) is 14.9 Å². The first-order valence-corrected chi connectivity index (χ1v) is 8.07. The van der Waals surface area contributed by atoms with Gasteiger partial charge >= 0.3 is 0 Å². The summed E-state index contributed by atoms with van der Waals surface area (Å²) >= 11 is 1.40. The van der Waals surface area contributed by atoms with Gasteiger partial charge < -0.3 is 10.1 Å². The molecule has 2 rings (SSSR count). The molecule has 0 aliphatic heterocycles. The fourth-order valence-electron chi connectivity index (χ4n) is 1.94. The highest BCUT2D eigenvalue weighted by Gasteiger charge is 2.20. The highest BCUT2D eigenvalue weighted by atomic mass is 32.2. The number of terminal acetylenes is 1. The first-order valence-electron chi connectivity index (χ1n) is 6.85. The van der Waals surface area contributed by atoms with E-state index in [1.54, 1.807) is 30.3 Å². The standard InChI is InChI=1S/C17H14N2O4S/c1-3-10-23-13-6-4-12(5-7-13)18-17(20)15-11-14(24-2)8-9-16(15)19(21)22/h1,4-9,11H,10H2,2H3,(H,18,20). The maximum atomic E-state index is 12.4. The third-order valence-electron chi connectivity index (χ3n) is 3.08. The van der Waals surface area contributed by atoms with Crippen LogP contribution in [0.2, 0.25) is 0 Å². The molecular formula is C17H14N2O4S. The molecule has 0 spiro atoms. The van der Waals surface area contributed by atoms with Crippen molar-refractivity contribution in [3.8, 4) is 18.1 Å². The van der Waals surface area contributed by atoms with Crippen molar-refractivity contribution >= 4 is 29.0 Å². The van der Waals surface area contributed by atoms with E-state index < -0.39 is 10.8 Å². The first kappa shape index (κ1) is 17.4. The molecule has 1 amide bonds. The molecule has 0 fully saturated rings. The fraction of sp³-hybridized carbons (Fsp3) is 0.118. The van der Waals surface area contributed by atoms with Crippen LogP contribution in [0.15, 0.2) is 47.4 Å². The molecule has 1 N–H and O–H groups in total. The number of hydrogen-bond acceptors (Lipinski definition) is 5. The maximum Gasteiger partial charge on any atom is 0.282 e. The molecule has 0 saturated carbocycles. The van der Waals surface area contributed by atoms with Crippen LogP contribution in [0, 0.1) is 22.5 Å². The molecule has 0 bridgehead atoms. The van der Waals surface area contributed by atoms with Gasteiger partial charge in [0, 0.05) is 16.6 Å². The van der Waals surface area contributed by atoms with Crippen molar-refractivity contribution in [2.24, 2.45) is 0 Å². The predicted octanol–water partition coefficient (Wildman–Crippen LogP) is 3.58. The lowest BCUT2D eigenvalue weighted by Gasteiger charge is -2.08. The number of anilines is 1. The zero-order valence-corrected chi connectivity index (χ0v) is 13.6. The van der Waals surface area contributed by atoms with Gasteiger partial charge in [0.05, 0.1) is 4.92 Å². The largest absolute Gasteiger partial charge is 0.481 e. The monoisotopic (exact) mass is 342 g/mol. The minimum atomic E-state index is -0.574. The van der Waals surface area contributed by atoms with Gasteiger partial charge in [-0.2, -0.15) is 0 Å². The van der Waals surface area contributed by atoms with Crippen molar-refractivity contribution in [2.75, 3.05) is 18.2 Å². The van der Waals surface area contributed by atoms with Gasteiger partial charge in [-0.25, -0.2) is 0 Å². The number of nitro benzene ring substituents is 1. The third kappa shape index (κ3) is 4.27. The van der Waals surface area contributed by atoms with Crippen LogP contribution in [0.4, 0.5) is 11.4 Å². The third-order valence-corrected chi connectivity index (χ3v) is 3.80. The van der Waals surface area contributed by atoms with E-state index in [2.05, 4.69) is 11.2 Å². The summed E-state index contributed by atoms with van der Waals surface area (Å²) < 4.78 is 5.24. The lowest BCUT2D eigenvalue weighted by Crippen LogP contribution is -2.14. The molecular weight excluding hydrogens is 328 g/mol. The summed E-state index contributed by atoms with van der Waals surface area (Å²) in [6.07, 6.45) is 6.94. The van der Waals surface area contributed by atoms with Crippen LogP contribution in [0.25, 0.3) is 0 Å². The van der Waals surface area contributed by atoms with Gasteiger partial charge in [-0.15, -0.1) is 18.2 Å². The Balaban J connectivity index is 2.20. The Kier molecular flexibility index (Phi) is 5.82. The maximum absolute atomic E-state index is 12.4. The van der Waals surface area contributed by atoms with Crippen LogP contribution in [0.5, 0.6) is 5.75 Å². The number of carbonyl (C=O) groups is 1. The second-order valence-corrected chi connectivity index (χ2v) is 5.49. The van der Waals surface area contributed by atoms with Gasteiger partial charge in [-0.1, -0.05) is 5.92 Å². The summed E-state index contributed by atoms with van der Waals surface area (Å²) in [5.74, 6) is 2.38. The number of thioether (sulfide) groups is 1. The molecule has 0 radical (unpaired) electrons. The van der Waals surface area contributed by atoms with E-state index in [-0.39, 0.29) is 17.9 Å². The molecule has 2 aromatic rings. The van der Waals surface area contributed by atoms with Gasteiger partial charge in [0.1, 0.15) is 17.9 Å². The Labute approximate surface area is 143 Å². The van der Waals surface area contributed by atoms with Gasteiger partial charge in [0.15, 0.2) is 0 Å². The molecule has 0 saturated heterocycles. The number of amides is 1. The van der Waals surface area contributed by atoms with Crippen LogP contribution >= 0.6 is 11.8 Å². The van der Waals surface area contributed by atoms with Crippen LogP contribution in [0.1, 0.15) is 10.4 Å². The van der Waals surface area contributed by atoms with Gasteiger partial charge in [-0.3, -0.25) is 14.9 Å². The van der Waals surface area contributed by atoms with Gasteiger partial charge in [-0.05, 0) is 42.7 Å². The molecule has 0 atom stereocenters. The van der Waals surface area contributed by atoms with E-state index in [0.29, 0.717) is 11.4 Å². The molecule has 6 nitrogen and oxygen atoms in total. The fourth-order valence-corrected chi connectivity index (χ4v) is 2.38. The number of benzene rings is 2. The summed E-state index contributed by atoms with van der Waals surface area (Å²) in [5.41, 5.74) is 0.274. The lowest BCUT2D eigenvalue weighted by molar-refractivity contribution is -0.385. The Morgan fingerprint density at radius 3 is 2.62 bits per heavy atom. The second-order valence-electron chi connectivity index (χ2n) is 4.61. The molecule has 0 aromatic heterocycles. The lowest BCUT2D eigenvalue weighted by atomic mass is 10.1. The average Bonchev–Trinajstić information content (AvgIpc) is 2.60. The van der Waals surface area contributed by atoms with E-state index in [1.165, 1.54) is 23.9 Å². The number of hydrogen-bond donors (Lipinski definition) is 1. The summed E-state index contributed by atoms with van der Waals surface area (Å²) in [5, 5.41) is 13.7. The summed E-state index contributed by atoms with van der Waals surface area (Å²) in [7, 11) is 0. The van der Waals surface area contributed by atoms with Crippen LogP contribution < -0.4 is 10.1 Å². The van der Waals surface area contributed by atoms with Crippen molar-refractivity contribution in [1.82, 2.24) is 0 Å². The highest BCUT2D eigenvalue weighted by molar-refractivity contribution is 7.98. The summed E-state index contributed by atoms with van der Waals surface area (Å²) in [6, 6.07) is 11.0. The predicted molar refractivity (Wildman–Crippen MR) is 93.6 cm³/mol. The Hall–Kier alpha value is -2.98. The molecule has 2 aromatic carbocycles. The molecule has 122 valence electrons. The number of nitrogens with zero attached hydrogens (tertiary/aromatic N) is 1. The number of nitrogens with one attached hydrogen (secondary N) is 1. The minimum absolute atomic E-state index is 0.0134. The normalized spacial score (nSPS) is 9.83. The summed E-state index contributed by atoms with van der Waals surface area (Å²) in [6.45, 7) is 0.152. The van der Waals surface area contributed by atoms with Crippen molar-refractivity contribution in [2.45, 2.75) is 4.90 Å². The van der Waals surface area contributed by atoms with E-state index in [4.69, 9.17) is 11.2 Å². The quantitative estimate of drug-likeness (QED) is 0.375. The van der Waals surface area contributed by atoms with E-state index in [1.807, 2.05) is 6.26 Å². The molecule has 0 aliphatic carbocycles. The van der Waals surface area contributed by atoms with Crippen LogP contribution in [-0.2, 0) is 0 Å². The van der Waals surface area contributed by atoms with Crippen LogP contribution in [0.3, 0.4) is 0 Å². The molecule has 0 unspecified atom stereocenters. The zero-order valence-electron chi connectivity index (χ0n) is 12.8.